The van der Waals surface area contributed by atoms with Gasteiger partial charge in [-0.25, -0.2) is 0 Å². The molecule has 0 spiro atoms. The fourth-order valence-corrected chi connectivity index (χ4v) is 2.82. The third-order valence-corrected chi connectivity index (χ3v) is 3.92. The zero-order valence-corrected chi connectivity index (χ0v) is 10.1. The maximum absolute atomic E-state index is 11.5. The second-order valence-electron chi connectivity index (χ2n) is 4.58. The molecule has 1 unspecified atom stereocenters. The Hall–Kier alpha value is -0.570. The van der Waals surface area contributed by atoms with Crippen LogP contribution in [0.4, 0.5) is 0 Å². The number of carboxylic acids is 1. The predicted molar refractivity (Wildman–Crippen MR) is 61.0 cm³/mol. The summed E-state index contributed by atoms with van der Waals surface area (Å²) in [6.07, 6.45) is 4.90. The van der Waals surface area contributed by atoms with Crippen LogP contribution in [0.5, 0.6) is 0 Å². The second-order valence-corrected chi connectivity index (χ2v) is 4.58. The molecule has 1 rings (SSSR count). The summed E-state index contributed by atoms with van der Waals surface area (Å²) in [5.41, 5.74) is -0.625. The van der Waals surface area contributed by atoms with Crippen molar-refractivity contribution in [1.29, 1.82) is 0 Å². The summed E-state index contributed by atoms with van der Waals surface area (Å²) < 4.78 is 0. The molecular weight excluding hydrogens is 190 g/mol. The van der Waals surface area contributed by atoms with E-state index < -0.39 is 11.5 Å². The molecular formula is C12H23NO2. The van der Waals surface area contributed by atoms with Crippen molar-refractivity contribution in [3.05, 3.63) is 0 Å². The van der Waals surface area contributed by atoms with Gasteiger partial charge in [-0.3, -0.25) is 9.69 Å². The number of hydrogen-bond acceptors (Lipinski definition) is 2. The Balaban J connectivity index is 2.91. The molecule has 0 radical (unpaired) electrons. The van der Waals surface area contributed by atoms with E-state index in [9.17, 15) is 9.90 Å². The van der Waals surface area contributed by atoms with E-state index in [4.69, 9.17) is 0 Å². The molecule has 3 nitrogen and oxygen atoms in total. The normalized spacial score (nSPS) is 24.1. The first-order valence-corrected chi connectivity index (χ1v) is 6.08. The molecule has 1 fully saturated rings. The molecule has 0 amide bonds. The minimum Gasteiger partial charge on any atom is -0.480 e. The van der Waals surface area contributed by atoms with E-state index in [1.165, 1.54) is 6.42 Å². The molecule has 1 N–H and O–H groups in total. The van der Waals surface area contributed by atoms with Crippen LogP contribution in [0.15, 0.2) is 0 Å². The van der Waals surface area contributed by atoms with Crippen LogP contribution in [0.3, 0.4) is 0 Å². The Morgan fingerprint density at radius 3 is 2.40 bits per heavy atom. The average molecular weight is 213 g/mol. The van der Waals surface area contributed by atoms with Crippen LogP contribution in [-0.4, -0.2) is 34.1 Å². The molecule has 0 saturated carbocycles. The largest absolute Gasteiger partial charge is 0.480 e. The first-order valence-electron chi connectivity index (χ1n) is 6.08. The van der Waals surface area contributed by atoms with Gasteiger partial charge in [0, 0.05) is 6.04 Å². The summed E-state index contributed by atoms with van der Waals surface area (Å²) >= 11 is 0. The van der Waals surface area contributed by atoms with Gasteiger partial charge in [-0.05, 0) is 39.2 Å². The number of nitrogens with zero attached hydrogens (tertiary/aromatic N) is 1. The smallest absolute Gasteiger partial charge is 0.324 e. The fraction of sp³-hybridized carbons (Fsp3) is 0.917. The highest BCUT2D eigenvalue weighted by Crippen LogP contribution is 2.31. The Morgan fingerprint density at radius 1 is 1.40 bits per heavy atom. The van der Waals surface area contributed by atoms with Crippen LogP contribution < -0.4 is 0 Å². The number of piperidine rings is 1. The van der Waals surface area contributed by atoms with E-state index in [0.717, 1.165) is 19.4 Å². The van der Waals surface area contributed by atoms with E-state index in [2.05, 4.69) is 11.8 Å². The van der Waals surface area contributed by atoms with E-state index in [0.29, 0.717) is 18.9 Å². The first-order chi connectivity index (χ1) is 7.08. The first kappa shape index (κ1) is 12.5. The van der Waals surface area contributed by atoms with Gasteiger partial charge in [-0.15, -0.1) is 0 Å². The molecule has 1 atom stereocenters. The van der Waals surface area contributed by atoms with E-state index in [-0.39, 0.29) is 0 Å². The summed E-state index contributed by atoms with van der Waals surface area (Å²) in [5.74, 6) is -0.652. The van der Waals surface area contributed by atoms with Crippen LogP contribution in [0, 0.1) is 0 Å². The van der Waals surface area contributed by atoms with Crippen LogP contribution in [-0.2, 0) is 4.79 Å². The van der Waals surface area contributed by atoms with Gasteiger partial charge >= 0.3 is 5.97 Å². The lowest BCUT2D eigenvalue weighted by Gasteiger charge is -2.45. The lowest BCUT2D eigenvalue weighted by atomic mass is 9.86. The van der Waals surface area contributed by atoms with Gasteiger partial charge in [-0.1, -0.05) is 20.3 Å². The summed E-state index contributed by atoms with van der Waals surface area (Å²) in [6.45, 7) is 7.06. The van der Waals surface area contributed by atoms with E-state index >= 15 is 0 Å². The molecule has 15 heavy (non-hydrogen) atoms. The Morgan fingerprint density at radius 2 is 2.00 bits per heavy atom. The van der Waals surface area contributed by atoms with Gasteiger partial charge in [0.1, 0.15) is 5.54 Å². The quantitative estimate of drug-likeness (QED) is 0.780. The monoisotopic (exact) mass is 213 g/mol. The van der Waals surface area contributed by atoms with Gasteiger partial charge in [0.15, 0.2) is 0 Å². The van der Waals surface area contributed by atoms with Crippen molar-refractivity contribution < 1.29 is 9.90 Å². The molecule has 1 aliphatic heterocycles. The fourth-order valence-electron chi connectivity index (χ4n) is 2.82. The highest BCUT2D eigenvalue weighted by molar-refractivity contribution is 5.78. The van der Waals surface area contributed by atoms with E-state index in [1.54, 1.807) is 0 Å². The lowest BCUT2D eigenvalue weighted by Crippen LogP contribution is -2.58. The van der Waals surface area contributed by atoms with E-state index in [1.807, 2.05) is 13.8 Å². The molecule has 1 aliphatic rings. The molecule has 0 aromatic rings. The molecule has 0 aromatic heterocycles. The topological polar surface area (TPSA) is 40.5 Å². The SMILES string of the molecule is CCC(CC)(C(=O)O)N1CCCCC1C. The highest BCUT2D eigenvalue weighted by Gasteiger charge is 2.43. The zero-order valence-electron chi connectivity index (χ0n) is 10.1. The van der Waals surface area contributed by atoms with Gasteiger partial charge in [0.25, 0.3) is 0 Å². The summed E-state index contributed by atoms with van der Waals surface area (Å²) in [6, 6.07) is 0.412. The molecule has 88 valence electrons. The van der Waals surface area contributed by atoms with Crippen LogP contribution in [0.2, 0.25) is 0 Å². The third-order valence-electron chi connectivity index (χ3n) is 3.92. The molecule has 0 aromatic carbocycles. The number of rotatable bonds is 4. The molecule has 1 heterocycles. The Bertz CT molecular complexity index is 224. The van der Waals surface area contributed by atoms with Gasteiger partial charge in [0.05, 0.1) is 0 Å². The molecule has 0 aliphatic carbocycles. The van der Waals surface area contributed by atoms with Gasteiger partial charge in [0.2, 0.25) is 0 Å². The summed E-state index contributed by atoms with van der Waals surface area (Å²) in [7, 11) is 0. The van der Waals surface area contributed by atoms with Crippen LogP contribution in [0.25, 0.3) is 0 Å². The van der Waals surface area contributed by atoms with Crippen LogP contribution in [0.1, 0.15) is 52.9 Å². The third kappa shape index (κ3) is 2.17. The van der Waals surface area contributed by atoms with Crippen LogP contribution >= 0.6 is 0 Å². The van der Waals surface area contributed by atoms with Crippen molar-refractivity contribution in [2.24, 2.45) is 0 Å². The van der Waals surface area contributed by atoms with Crippen molar-refractivity contribution in [3.63, 3.8) is 0 Å². The number of carbonyl (C=O) groups is 1. The van der Waals surface area contributed by atoms with Crippen molar-refractivity contribution >= 4 is 5.97 Å². The van der Waals surface area contributed by atoms with Gasteiger partial charge < -0.3 is 5.11 Å². The number of carboxylic acid groups (broad SMARTS) is 1. The summed E-state index contributed by atoms with van der Waals surface area (Å²) in [5, 5.41) is 9.45. The molecule has 3 heteroatoms. The predicted octanol–water partition coefficient (Wildman–Crippen LogP) is 2.50. The molecule has 1 saturated heterocycles. The minimum atomic E-state index is -0.652. The van der Waals surface area contributed by atoms with Crippen molar-refractivity contribution in [2.75, 3.05) is 6.54 Å². The summed E-state index contributed by atoms with van der Waals surface area (Å²) in [4.78, 5) is 13.7. The van der Waals surface area contributed by atoms with Crippen molar-refractivity contribution in [1.82, 2.24) is 4.90 Å². The number of hydrogen-bond donors (Lipinski definition) is 1. The van der Waals surface area contributed by atoms with Gasteiger partial charge in [-0.2, -0.15) is 0 Å². The Labute approximate surface area is 92.5 Å². The number of aliphatic carboxylic acids is 1. The Kier molecular flexibility index (Phi) is 4.14. The zero-order chi connectivity index (χ0) is 11.5. The maximum Gasteiger partial charge on any atom is 0.324 e. The average Bonchev–Trinajstić information content (AvgIpc) is 2.22. The molecule has 0 bridgehead atoms. The second kappa shape index (κ2) is 4.97. The minimum absolute atomic E-state index is 0.412. The van der Waals surface area contributed by atoms with Crippen molar-refractivity contribution in [3.8, 4) is 0 Å². The van der Waals surface area contributed by atoms with Crippen molar-refractivity contribution in [2.45, 2.75) is 64.5 Å². The maximum atomic E-state index is 11.5. The highest BCUT2D eigenvalue weighted by atomic mass is 16.4. The lowest BCUT2D eigenvalue weighted by molar-refractivity contribution is -0.155. The number of likely N-dealkylation sites (tertiary alicyclic amines) is 1. The standard InChI is InChI=1S/C12H23NO2/c1-4-12(5-2,11(14)15)13-9-7-6-8-10(13)3/h10H,4-9H2,1-3H3,(H,14,15).